The standard InChI is InChI=1S/C10H16N4O/c1-14(2)10-8(4-3-5-12-10)7-13-9(15)6-11/h3-5H,6-7,11H2,1-2H3,(H,13,15). The Bertz CT molecular complexity index is 338. The van der Waals surface area contributed by atoms with Gasteiger partial charge < -0.3 is 16.0 Å². The minimum Gasteiger partial charge on any atom is -0.362 e. The lowest BCUT2D eigenvalue weighted by atomic mass is 10.2. The molecule has 0 aliphatic rings. The number of nitrogens with zero attached hydrogens (tertiary/aromatic N) is 2. The number of carbonyl (C=O) groups excluding carboxylic acids is 1. The van der Waals surface area contributed by atoms with E-state index in [-0.39, 0.29) is 12.5 Å². The van der Waals surface area contributed by atoms with Crippen molar-refractivity contribution in [2.45, 2.75) is 6.54 Å². The predicted molar refractivity (Wildman–Crippen MR) is 59.5 cm³/mol. The molecule has 82 valence electrons. The molecule has 1 aromatic rings. The lowest BCUT2D eigenvalue weighted by molar-refractivity contribution is -0.119. The van der Waals surface area contributed by atoms with Gasteiger partial charge in [-0.2, -0.15) is 0 Å². The normalized spacial score (nSPS) is 9.80. The minimum atomic E-state index is -0.163. The molecule has 1 rings (SSSR count). The first-order valence-corrected chi connectivity index (χ1v) is 4.73. The lowest BCUT2D eigenvalue weighted by Crippen LogP contribution is -2.30. The van der Waals surface area contributed by atoms with Gasteiger partial charge in [0, 0.05) is 32.4 Å². The van der Waals surface area contributed by atoms with E-state index < -0.39 is 0 Å². The maximum Gasteiger partial charge on any atom is 0.234 e. The fourth-order valence-electron chi connectivity index (χ4n) is 1.24. The Hall–Kier alpha value is -1.62. The molecule has 0 atom stereocenters. The Morgan fingerprint density at radius 2 is 2.33 bits per heavy atom. The average molecular weight is 208 g/mol. The number of aromatic nitrogens is 1. The van der Waals surface area contributed by atoms with Crippen molar-refractivity contribution in [2.75, 3.05) is 25.5 Å². The number of anilines is 1. The Labute approximate surface area is 89.3 Å². The number of carbonyl (C=O) groups is 1. The molecule has 0 saturated carbocycles. The van der Waals surface area contributed by atoms with Gasteiger partial charge in [0.15, 0.2) is 0 Å². The molecule has 0 unspecified atom stereocenters. The van der Waals surface area contributed by atoms with E-state index >= 15 is 0 Å². The van der Waals surface area contributed by atoms with Crippen LogP contribution in [0.3, 0.4) is 0 Å². The molecule has 3 N–H and O–H groups in total. The number of amides is 1. The van der Waals surface area contributed by atoms with Crippen LogP contribution in [0.2, 0.25) is 0 Å². The Kier molecular flexibility index (Phi) is 4.05. The number of pyridine rings is 1. The largest absolute Gasteiger partial charge is 0.362 e. The second-order valence-corrected chi connectivity index (χ2v) is 3.36. The first kappa shape index (κ1) is 11.5. The van der Waals surface area contributed by atoms with Crippen molar-refractivity contribution in [3.8, 4) is 0 Å². The molecule has 1 amide bonds. The van der Waals surface area contributed by atoms with Gasteiger partial charge in [0.25, 0.3) is 0 Å². The van der Waals surface area contributed by atoms with Gasteiger partial charge in [0.2, 0.25) is 5.91 Å². The maximum absolute atomic E-state index is 11.0. The van der Waals surface area contributed by atoms with Crippen molar-refractivity contribution < 1.29 is 4.79 Å². The number of nitrogens with one attached hydrogen (secondary N) is 1. The SMILES string of the molecule is CN(C)c1ncccc1CNC(=O)CN. The highest BCUT2D eigenvalue weighted by Gasteiger charge is 2.05. The zero-order valence-electron chi connectivity index (χ0n) is 9.03. The highest BCUT2D eigenvalue weighted by molar-refractivity contribution is 5.77. The third-order valence-corrected chi connectivity index (χ3v) is 1.95. The molecular weight excluding hydrogens is 192 g/mol. The zero-order valence-corrected chi connectivity index (χ0v) is 9.03. The number of hydrogen-bond donors (Lipinski definition) is 2. The van der Waals surface area contributed by atoms with E-state index in [1.54, 1.807) is 6.20 Å². The van der Waals surface area contributed by atoms with Crippen molar-refractivity contribution in [1.29, 1.82) is 0 Å². The fraction of sp³-hybridized carbons (Fsp3) is 0.400. The van der Waals surface area contributed by atoms with Crippen LogP contribution in [0.15, 0.2) is 18.3 Å². The summed E-state index contributed by atoms with van der Waals surface area (Å²) in [6.07, 6.45) is 1.73. The van der Waals surface area contributed by atoms with Crippen LogP contribution in [-0.4, -0.2) is 31.5 Å². The summed E-state index contributed by atoms with van der Waals surface area (Å²) in [7, 11) is 3.83. The van der Waals surface area contributed by atoms with Crippen LogP contribution in [0.25, 0.3) is 0 Å². The van der Waals surface area contributed by atoms with Crippen molar-refractivity contribution in [3.63, 3.8) is 0 Å². The van der Waals surface area contributed by atoms with Gasteiger partial charge in [-0.1, -0.05) is 6.07 Å². The topological polar surface area (TPSA) is 71.2 Å². The fourth-order valence-corrected chi connectivity index (χ4v) is 1.24. The molecule has 0 aliphatic heterocycles. The Morgan fingerprint density at radius 1 is 1.60 bits per heavy atom. The van der Waals surface area contributed by atoms with Crippen LogP contribution in [0.1, 0.15) is 5.56 Å². The Morgan fingerprint density at radius 3 is 2.93 bits per heavy atom. The highest BCUT2D eigenvalue weighted by Crippen LogP contribution is 2.13. The molecule has 0 fully saturated rings. The minimum absolute atomic E-state index is 0.0115. The van der Waals surface area contributed by atoms with Crippen LogP contribution in [0, 0.1) is 0 Å². The smallest absolute Gasteiger partial charge is 0.234 e. The van der Waals surface area contributed by atoms with Gasteiger partial charge in [0.05, 0.1) is 6.54 Å². The van der Waals surface area contributed by atoms with Gasteiger partial charge in [-0.05, 0) is 6.07 Å². The quantitative estimate of drug-likeness (QED) is 0.714. The van der Waals surface area contributed by atoms with Gasteiger partial charge in [-0.25, -0.2) is 4.98 Å². The molecule has 0 spiro atoms. The highest BCUT2D eigenvalue weighted by atomic mass is 16.1. The summed E-state index contributed by atoms with van der Waals surface area (Å²) in [5, 5.41) is 2.71. The first-order valence-electron chi connectivity index (χ1n) is 4.73. The van der Waals surface area contributed by atoms with Crippen LogP contribution in [-0.2, 0) is 11.3 Å². The molecule has 0 aromatic carbocycles. The van der Waals surface area contributed by atoms with Gasteiger partial charge in [-0.15, -0.1) is 0 Å². The molecule has 5 nitrogen and oxygen atoms in total. The van der Waals surface area contributed by atoms with Gasteiger partial charge in [-0.3, -0.25) is 4.79 Å². The molecule has 0 aliphatic carbocycles. The average Bonchev–Trinajstić information content (AvgIpc) is 2.26. The van der Waals surface area contributed by atoms with Crippen molar-refractivity contribution in [2.24, 2.45) is 5.73 Å². The molecule has 0 saturated heterocycles. The zero-order chi connectivity index (χ0) is 11.3. The van der Waals surface area contributed by atoms with E-state index in [0.29, 0.717) is 6.54 Å². The van der Waals surface area contributed by atoms with Gasteiger partial charge in [0.1, 0.15) is 5.82 Å². The third-order valence-electron chi connectivity index (χ3n) is 1.95. The Balaban J connectivity index is 2.71. The second kappa shape index (κ2) is 5.31. The molecule has 5 heteroatoms. The molecule has 1 heterocycles. The number of hydrogen-bond acceptors (Lipinski definition) is 4. The van der Waals surface area contributed by atoms with Crippen LogP contribution in [0.4, 0.5) is 5.82 Å². The number of rotatable bonds is 4. The van der Waals surface area contributed by atoms with Crippen molar-refractivity contribution >= 4 is 11.7 Å². The molecular formula is C10H16N4O. The van der Waals surface area contributed by atoms with Crippen LogP contribution >= 0.6 is 0 Å². The monoisotopic (exact) mass is 208 g/mol. The molecule has 0 radical (unpaired) electrons. The molecule has 0 bridgehead atoms. The molecule has 15 heavy (non-hydrogen) atoms. The second-order valence-electron chi connectivity index (χ2n) is 3.36. The van der Waals surface area contributed by atoms with E-state index in [4.69, 9.17) is 5.73 Å². The molecule has 1 aromatic heterocycles. The van der Waals surface area contributed by atoms with Crippen LogP contribution < -0.4 is 16.0 Å². The van der Waals surface area contributed by atoms with Crippen molar-refractivity contribution in [3.05, 3.63) is 23.9 Å². The summed E-state index contributed by atoms with van der Waals surface area (Å²) in [6, 6.07) is 3.77. The maximum atomic E-state index is 11.0. The van der Waals surface area contributed by atoms with Gasteiger partial charge >= 0.3 is 0 Å². The van der Waals surface area contributed by atoms with Crippen LogP contribution in [0.5, 0.6) is 0 Å². The summed E-state index contributed by atoms with van der Waals surface area (Å²) in [5.74, 6) is 0.693. The summed E-state index contributed by atoms with van der Waals surface area (Å²) in [5.41, 5.74) is 6.17. The summed E-state index contributed by atoms with van der Waals surface area (Å²) in [4.78, 5) is 17.1. The summed E-state index contributed by atoms with van der Waals surface area (Å²) < 4.78 is 0. The summed E-state index contributed by atoms with van der Waals surface area (Å²) >= 11 is 0. The van der Waals surface area contributed by atoms with E-state index in [1.165, 1.54) is 0 Å². The first-order chi connectivity index (χ1) is 7.15. The van der Waals surface area contributed by atoms with E-state index in [2.05, 4.69) is 10.3 Å². The predicted octanol–water partition coefficient (Wildman–Crippen LogP) is -0.277. The van der Waals surface area contributed by atoms with Crippen molar-refractivity contribution in [1.82, 2.24) is 10.3 Å². The van der Waals surface area contributed by atoms with E-state index in [1.807, 2.05) is 31.1 Å². The number of nitrogens with two attached hydrogens (primary N) is 1. The third kappa shape index (κ3) is 3.21. The van der Waals surface area contributed by atoms with E-state index in [0.717, 1.165) is 11.4 Å². The van der Waals surface area contributed by atoms with E-state index in [9.17, 15) is 4.79 Å². The lowest BCUT2D eigenvalue weighted by Gasteiger charge is -2.15. The summed E-state index contributed by atoms with van der Waals surface area (Å²) in [6.45, 7) is 0.467.